The molecule has 0 amide bonds. The first kappa shape index (κ1) is 14.0. The first-order valence-electron chi connectivity index (χ1n) is 6.82. The summed E-state index contributed by atoms with van der Waals surface area (Å²) in [4.78, 5) is 18.8. The van der Waals surface area contributed by atoms with Crippen molar-refractivity contribution in [1.82, 2.24) is 14.9 Å². The van der Waals surface area contributed by atoms with Gasteiger partial charge in [0.05, 0.1) is 19.3 Å². The monoisotopic (exact) mass is 266 g/mol. The molecule has 1 aliphatic heterocycles. The summed E-state index contributed by atoms with van der Waals surface area (Å²) in [5, 5.41) is 3.14. The molecular weight excluding hydrogens is 244 g/mol. The molecule has 1 aliphatic rings. The highest BCUT2D eigenvalue weighted by Crippen LogP contribution is 2.12. The van der Waals surface area contributed by atoms with E-state index in [0.717, 1.165) is 19.5 Å². The largest absolute Gasteiger partial charge is 0.377 e. The van der Waals surface area contributed by atoms with Crippen LogP contribution in [0, 0.1) is 0 Å². The van der Waals surface area contributed by atoms with Crippen LogP contribution in [0.5, 0.6) is 0 Å². The number of anilines is 1. The maximum atomic E-state index is 12.4. The zero-order valence-electron chi connectivity index (χ0n) is 11.6. The maximum absolute atomic E-state index is 12.4. The molecule has 1 aromatic heterocycles. The lowest BCUT2D eigenvalue weighted by Crippen LogP contribution is -2.52. The van der Waals surface area contributed by atoms with E-state index in [4.69, 9.17) is 4.74 Å². The number of rotatable bonds is 5. The van der Waals surface area contributed by atoms with Gasteiger partial charge in [0.25, 0.3) is 5.56 Å². The molecule has 0 aliphatic carbocycles. The van der Waals surface area contributed by atoms with Crippen LogP contribution in [0.2, 0.25) is 0 Å². The molecule has 106 valence electrons. The highest BCUT2D eigenvalue weighted by atomic mass is 16.5. The first-order valence-corrected chi connectivity index (χ1v) is 6.82. The van der Waals surface area contributed by atoms with E-state index in [1.54, 1.807) is 17.0 Å². The fraction of sp³-hybridized carbons (Fsp3) is 0.692. The molecule has 0 radical (unpaired) electrons. The molecule has 1 aromatic rings. The van der Waals surface area contributed by atoms with Crippen molar-refractivity contribution < 1.29 is 4.74 Å². The van der Waals surface area contributed by atoms with Crippen LogP contribution in [0.15, 0.2) is 17.2 Å². The molecule has 1 unspecified atom stereocenters. The molecule has 0 aromatic carbocycles. The number of ether oxygens (including phenoxy) is 1. The lowest BCUT2D eigenvalue weighted by atomic mass is 10.2. The van der Waals surface area contributed by atoms with Crippen LogP contribution in [-0.2, 0) is 11.3 Å². The third-order valence-corrected chi connectivity index (χ3v) is 3.30. The van der Waals surface area contributed by atoms with Crippen LogP contribution < -0.4 is 15.8 Å². The van der Waals surface area contributed by atoms with Gasteiger partial charge in [0.15, 0.2) is 5.82 Å². The average molecular weight is 266 g/mol. The van der Waals surface area contributed by atoms with E-state index in [1.165, 1.54) is 0 Å². The van der Waals surface area contributed by atoms with Crippen molar-refractivity contribution in [3.63, 3.8) is 0 Å². The topological polar surface area (TPSA) is 59.4 Å². The zero-order valence-corrected chi connectivity index (χ0v) is 11.6. The van der Waals surface area contributed by atoms with Crippen LogP contribution in [0.3, 0.4) is 0 Å². The van der Waals surface area contributed by atoms with E-state index in [0.29, 0.717) is 25.6 Å². The van der Waals surface area contributed by atoms with E-state index in [-0.39, 0.29) is 11.6 Å². The Bertz CT molecular complexity index is 458. The SMILES string of the molecule is CCCn1ccnc(N2CCOCC2CNC)c1=O. The summed E-state index contributed by atoms with van der Waals surface area (Å²) in [7, 11) is 1.90. The number of nitrogens with one attached hydrogen (secondary N) is 1. The van der Waals surface area contributed by atoms with Crippen LogP contribution in [0.1, 0.15) is 13.3 Å². The van der Waals surface area contributed by atoms with E-state index < -0.39 is 0 Å². The Morgan fingerprint density at radius 2 is 2.42 bits per heavy atom. The van der Waals surface area contributed by atoms with Crippen LogP contribution in [-0.4, -0.2) is 48.9 Å². The Balaban J connectivity index is 2.28. The van der Waals surface area contributed by atoms with Gasteiger partial charge < -0.3 is 19.5 Å². The van der Waals surface area contributed by atoms with E-state index in [2.05, 4.69) is 22.1 Å². The smallest absolute Gasteiger partial charge is 0.293 e. The lowest BCUT2D eigenvalue weighted by Gasteiger charge is -2.36. The van der Waals surface area contributed by atoms with Gasteiger partial charge in [0, 0.05) is 32.0 Å². The van der Waals surface area contributed by atoms with E-state index in [1.807, 2.05) is 7.05 Å². The van der Waals surface area contributed by atoms with Gasteiger partial charge >= 0.3 is 0 Å². The van der Waals surface area contributed by atoms with Crippen molar-refractivity contribution in [2.24, 2.45) is 0 Å². The molecule has 6 heteroatoms. The molecule has 1 atom stereocenters. The molecule has 1 fully saturated rings. The number of hydrogen-bond donors (Lipinski definition) is 1. The van der Waals surface area contributed by atoms with Gasteiger partial charge in [-0.25, -0.2) is 4.98 Å². The van der Waals surface area contributed by atoms with Crippen molar-refractivity contribution in [3.8, 4) is 0 Å². The van der Waals surface area contributed by atoms with Crippen molar-refractivity contribution in [1.29, 1.82) is 0 Å². The van der Waals surface area contributed by atoms with Crippen molar-refractivity contribution >= 4 is 5.82 Å². The second-order valence-electron chi connectivity index (χ2n) is 4.73. The van der Waals surface area contributed by atoms with Gasteiger partial charge in [0.1, 0.15) is 0 Å². The molecular formula is C13H22N4O2. The standard InChI is InChI=1S/C13H22N4O2/c1-3-5-16-6-4-15-12(13(16)18)17-7-8-19-10-11(17)9-14-2/h4,6,11,14H,3,5,7-10H2,1-2H3. The Labute approximate surface area is 113 Å². The summed E-state index contributed by atoms with van der Waals surface area (Å²) in [6.07, 6.45) is 4.40. The van der Waals surface area contributed by atoms with Gasteiger partial charge in [0.2, 0.25) is 0 Å². The number of nitrogens with zero attached hydrogens (tertiary/aromatic N) is 3. The van der Waals surface area contributed by atoms with Gasteiger partial charge in [-0.05, 0) is 13.5 Å². The fourth-order valence-electron chi connectivity index (χ4n) is 2.39. The molecule has 0 saturated carbocycles. The normalized spacial score (nSPS) is 19.7. The second-order valence-corrected chi connectivity index (χ2v) is 4.73. The van der Waals surface area contributed by atoms with Gasteiger partial charge in [-0.1, -0.05) is 6.92 Å². The van der Waals surface area contributed by atoms with Crippen LogP contribution >= 0.6 is 0 Å². The van der Waals surface area contributed by atoms with Crippen molar-refractivity contribution in [2.75, 3.05) is 38.3 Å². The molecule has 0 spiro atoms. The summed E-state index contributed by atoms with van der Waals surface area (Å²) in [6, 6.07) is 0.163. The maximum Gasteiger partial charge on any atom is 0.293 e. The molecule has 6 nitrogen and oxygen atoms in total. The van der Waals surface area contributed by atoms with Crippen LogP contribution in [0.4, 0.5) is 5.82 Å². The zero-order chi connectivity index (χ0) is 13.7. The fourth-order valence-corrected chi connectivity index (χ4v) is 2.39. The number of likely N-dealkylation sites (N-methyl/N-ethyl adjacent to an activating group) is 1. The molecule has 1 N–H and O–H groups in total. The van der Waals surface area contributed by atoms with Gasteiger partial charge in [-0.15, -0.1) is 0 Å². The molecule has 0 bridgehead atoms. The average Bonchev–Trinajstić information content (AvgIpc) is 2.43. The molecule has 1 saturated heterocycles. The number of hydrogen-bond acceptors (Lipinski definition) is 5. The minimum Gasteiger partial charge on any atom is -0.377 e. The minimum absolute atomic E-state index is 0.00708. The highest BCUT2D eigenvalue weighted by molar-refractivity contribution is 5.38. The molecule has 2 rings (SSSR count). The summed E-state index contributed by atoms with van der Waals surface area (Å²) in [5.74, 6) is 0.541. The van der Waals surface area contributed by atoms with Gasteiger partial charge in [-0.2, -0.15) is 0 Å². The minimum atomic E-state index is -0.00708. The Morgan fingerprint density at radius 1 is 1.58 bits per heavy atom. The summed E-state index contributed by atoms with van der Waals surface area (Å²) >= 11 is 0. The lowest BCUT2D eigenvalue weighted by molar-refractivity contribution is 0.0937. The van der Waals surface area contributed by atoms with Gasteiger partial charge in [-0.3, -0.25) is 4.79 Å². The van der Waals surface area contributed by atoms with Crippen LogP contribution in [0.25, 0.3) is 0 Å². The number of aryl methyl sites for hydroxylation is 1. The molecule has 2 heterocycles. The van der Waals surface area contributed by atoms with E-state index in [9.17, 15) is 4.79 Å². The molecule has 19 heavy (non-hydrogen) atoms. The van der Waals surface area contributed by atoms with Crippen molar-refractivity contribution in [2.45, 2.75) is 25.9 Å². The first-order chi connectivity index (χ1) is 9.27. The third kappa shape index (κ3) is 3.13. The summed E-state index contributed by atoms with van der Waals surface area (Å²) in [5.41, 5.74) is -0.00708. The Morgan fingerprint density at radius 3 is 3.16 bits per heavy atom. The Hall–Kier alpha value is -1.40. The van der Waals surface area contributed by atoms with E-state index >= 15 is 0 Å². The predicted molar refractivity (Wildman–Crippen MR) is 74.7 cm³/mol. The third-order valence-electron chi connectivity index (χ3n) is 3.30. The second kappa shape index (κ2) is 6.68. The summed E-state index contributed by atoms with van der Waals surface area (Å²) in [6.45, 7) is 5.56. The number of aromatic nitrogens is 2. The number of morpholine rings is 1. The van der Waals surface area contributed by atoms with Crippen molar-refractivity contribution in [3.05, 3.63) is 22.7 Å². The predicted octanol–water partition coefficient (Wildman–Crippen LogP) is 0.0779. The Kier molecular flexibility index (Phi) is 4.93. The highest BCUT2D eigenvalue weighted by Gasteiger charge is 2.25. The summed E-state index contributed by atoms with van der Waals surface area (Å²) < 4.78 is 7.22. The quantitative estimate of drug-likeness (QED) is 0.818.